The van der Waals surface area contributed by atoms with E-state index in [1.54, 1.807) is 23.5 Å². The molecule has 0 radical (unpaired) electrons. The number of aryl methyl sites for hydroxylation is 2. The quantitative estimate of drug-likeness (QED) is 0.909. The molecule has 0 atom stereocenters. The molecule has 1 aliphatic rings. The van der Waals surface area contributed by atoms with Crippen LogP contribution in [0, 0.1) is 13.8 Å². The molecule has 0 fully saturated rings. The molecule has 1 aromatic carbocycles. The van der Waals surface area contributed by atoms with Crippen LogP contribution in [0.2, 0.25) is 5.02 Å². The van der Waals surface area contributed by atoms with Gasteiger partial charge < -0.3 is 15.4 Å². The Morgan fingerprint density at radius 1 is 1.48 bits per heavy atom. The summed E-state index contributed by atoms with van der Waals surface area (Å²) in [6.07, 6.45) is 0. The summed E-state index contributed by atoms with van der Waals surface area (Å²) >= 11 is 7.90. The standard InChI is InChI=1S/C14H14ClN3O2S/c1-7-13(21-8(2)17-7)5-16-10-4-12-11(3-9(10)15)18-14(19)6-20-12/h3-4,16H,5-6H2,1-2H3,(H,18,19). The molecule has 110 valence electrons. The number of benzene rings is 1. The normalized spacial score (nSPS) is 13.4. The SMILES string of the molecule is Cc1nc(C)c(CNc2cc3c(cc2Cl)NC(=O)CO3)s1. The fourth-order valence-corrected chi connectivity index (χ4v) is 3.26. The van der Waals surface area contributed by atoms with Gasteiger partial charge in [0.05, 0.1) is 33.6 Å². The second-order valence-corrected chi connectivity index (χ2v) is 6.46. The van der Waals surface area contributed by atoms with Crippen LogP contribution in [0.4, 0.5) is 11.4 Å². The number of hydrogen-bond acceptors (Lipinski definition) is 5. The Labute approximate surface area is 131 Å². The number of nitrogens with zero attached hydrogens (tertiary/aromatic N) is 1. The summed E-state index contributed by atoms with van der Waals surface area (Å²) in [5.41, 5.74) is 2.41. The van der Waals surface area contributed by atoms with E-state index >= 15 is 0 Å². The molecule has 0 saturated carbocycles. The molecule has 0 unspecified atom stereocenters. The summed E-state index contributed by atoms with van der Waals surface area (Å²) in [5.74, 6) is 0.453. The number of thiazole rings is 1. The zero-order chi connectivity index (χ0) is 15.0. The first-order chi connectivity index (χ1) is 10.0. The summed E-state index contributed by atoms with van der Waals surface area (Å²) in [6, 6.07) is 3.50. The minimum Gasteiger partial charge on any atom is -0.482 e. The lowest BCUT2D eigenvalue weighted by Crippen LogP contribution is -2.25. The van der Waals surface area contributed by atoms with E-state index in [2.05, 4.69) is 15.6 Å². The third kappa shape index (κ3) is 2.96. The molecular weight excluding hydrogens is 310 g/mol. The Balaban J connectivity index is 1.80. The monoisotopic (exact) mass is 323 g/mol. The molecule has 21 heavy (non-hydrogen) atoms. The molecule has 0 aliphatic carbocycles. The summed E-state index contributed by atoms with van der Waals surface area (Å²) < 4.78 is 5.39. The summed E-state index contributed by atoms with van der Waals surface area (Å²) in [7, 11) is 0. The van der Waals surface area contributed by atoms with E-state index in [1.165, 1.54) is 4.88 Å². The Bertz CT molecular complexity index is 714. The minimum atomic E-state index is -0.171. The van der Waals surface area contributed by atoms with Gasteiger partial charge in [0, 0.05) is 10.9 Å². The molecule has 1 aromatic heterocycles. The first-order valence-corrected chi connectivity index (χ1v) is 7.65. The second kappa shape index (κ2) is 5.54. The van der Waals surface area contributed by atoms with Crippen molar-refractivity contribution in [3.8, 4) is 5.75 Å². The highest BCUT2D eigenvalue weighted by molar-refractivity contribution is 7.11. The van der Waals surface area contributed by atoms with E-state index < -0.39 is 0 Å². The number of halogens is 1. The van der Waals surface area contributed by atoms with Gasteiger partial charge in [0.25, 0.3) is 5.91 Å². The minimum absolute atomic E-state index is 0.0290. The van der Waals surface area contributed by atoms with Gasteiger partial charge in [-0.25, -0.2) is 4.98 Å². The van der Waals surface area contributed by atoms with Gasteiger partial charge in [-0.3, -0.25) is 4.79 Å². The van der Waals surface area contributed by atoms with Gasteiger partial charge in [0.15, 0.2) is 6.61 Å². The van der Waals surface area contributed by atoms with Crippen LogP contribution in [0.15, 0.2) is 12.1 Å². The highest BCUT2D eigenvalue weighted by Crippen LogP contribution is 2.36. The van der Waals surface area contributed by atoms with Crippen LogP contribution in [0.25, 0.3) is 0 Å². The zero-order valence-electron chi connectivity index (χ0n) is 11.6. The lowest BCUT2D eigenvalue weighted by Gasteiger charge is -2.19. The molecule has 1 amide bonds. The molecule has 2 aromatic rings. The van der Waals surface area contributed by atoms with Crippen LogP contribution >= 0.6 is 22.9 Å². The predicted octanol–water partition coefficient (Wildman–Crippen LogP) is 3.36. The number of carbonyl (C=O) groups is 1. The van der Waals surface area contributed by atoms with Crippen LogP contribution in [0.5, 0.6) is 5.75 Å². The average molecular weight is 324 g/mol. The van der Waals surface area contributed by atoms with E-state index in [4.69, 9.17) is 16.3 Å². The van der Waals surface area contributed by atoms with E-state index in [1.807, 2.05) is 13.8 Å². The summed E-state index contributed by atoms with van der Waals surface area (Å²) in [5, 5.41) is 7.61. The van der Waals surface area contributed by atoms with Crippen molar-refractivity contribution >= 4 is 40.2 Å². The van der Waals surface area contributed by atoms with Crippen molar-refractivity contribution in [2.75, 3.05) is 17.2 Å². The van der Waals surface area contributed by atoms with Crippen molar-refractivity contribution in [2.45, 2.75) is 20.4 Å². The molecule has 3 rings (SSSR count). The van der Waals surface area contributed by atoms with Crippen molar-refractivity contribution in [3.05, 3.63) is 32.7 Å². The number of hydrogen-bond donors (Lipinski definition) is 2. The van der Waals surface area contributed by atoms with E-state index in [-0.39, 0.29) is 12.5 Å². The molecule has 0 saturated heterocycles. The molecule has 2 N–H and O–H groups in total. The van der Waals surface area contributed by atoms with Crippen LogP contribution in [-0.2, 0) is 11.3 Å². The van der Waals surface area contributed by atoms with Crippen LogP contribution < -0.4 is 15.4 Å². The Hall–Kier alpha value is -1.79. The molecule has 5 nitrogen and oxygen atoms in total. The van der Waals surface area contributed by atoms with Gasteiger partial charge >= 0.3 is 0 Å². The van der Waals surface area contributed by atoms with E-state index in [0.29, 0.717) is 23.0 Å². The summed E-state index contributed by atoms with van der Waals surface area (Å²) in [6.45, 7) is 4.67. The van der Waals surface area contributed by atoms with Gasteiger partial charge in [-0.05, 0) is 19.9 Å². The third-order valence-corrected chi connectivity index (χ3v) is 4.53. The Kier molecular flexibility index (Phi) is 3.73. The second-order valence-electron chi connectivity index (χ2n) is 4.76. The molecule has 7 heteroatoms. The number of amides is 1. The fraction of sp³-hybridized carbons (Fsp3) is 0.286. The Morgan fingerprint density at radius 2 is 2.29 bits per heavy atom. The van der Waals surface area contributed by atoms with Crippen molar-refractivity contribution in [1.29, 1.82) is 0 Å². The average Bonchev–Trinajstić information content (AvgIpc) is 2.74. The lowest BCUT2D eigenvalue weighted by atomic mass is 10.2. The molecule has 1 aliphatic heterocycles. The maximum Gasteiger partial charge on any atom is 0.262 e. The highest BCUT2D eigenvalue weighted by Gasteiger charge is 2.18. The number of carbonyl (C=O) groups excluding carboxylic acids is 1. The number of aromatic nitrogens is 1. The number of anilines is 2. The van der Waals surface area contributed by atoms with Gasteiger partial charge in [0.2, 0.25) is 0 Å². The molecule has 2 heterocycles. The first kappa shape index (κ1) is 14.2. The highest BCUT2D eigenvalue weighted by atomic mass is 35.5. The smallest absolute Gasteiger partial charge is 0.262 e. The van der Waals surface area contributed by atoms with E-state index in [0.717, 1.165) is 16.4 Å². The molecular formula is C14H14ClN3O2S. The number of rotatable bonds is 3. The number of ether oxygens (including phenoxy) is 1. The van der Waals surface area contributed by atoms with Crippen molar-refractivity contribution in [1.82, 2.24) is 4.98 Å². The molecule has 0 bridgehead atoms. The largest absolute Gasteiger partial charge is 0.482 e. The Morgan fingerprint density at radius 3 is 3.00 bits per heavy atom. The fourth-order valence-electron chi connectivity index (χ4n) is 2.15. The van der Waals surface area contributed by atoms with Gasteiger partial charge in [-0.1, -0.05) is 11.6 Å². The summed E-state index contributed by atoms with van der Waals surface area (Å²) in [4.78, 5) is 16.8. The van der Waals surface area contributed by atoms with Crippen LogP contribution in [0.1, 0.15) is 15.6 Å². The van der Waals surface area contributed by atoms with Crippen molar-refractivity contribution in [3.63, 3.8) is 0 Å². The maximum atomic E-state index is 11.3. The first-order valence-electron chi connectivity index (χ1n) is 6.46. The maximum absolute atomic E-state index is 11.3. The number of fused-ring (bicyclic) bond motifs is 1. The van der Waals surface area contributed by atoms with Crippen molar-refractivity contribution < 1.29 is 9.53 Å². The predicted molar refractivity (Wildman–Crippen MR) is 84.5 cm³/mol. The topological polar surface area (TPSA) is 63.2 Å². The van der Waals surface area contributed by atoms with E-state index in [9.17, 15) is 4.79 Å². The van der Waals surface area contributed by atoms with Crippen LogP contribution in [-0.4, -0.2) is 17.5 Å². The molecule has 0 spiro atoms. The van der Waals surface area contributed by atoms with Gasteiger partial charge in [-0.15, -0.1) is 11.3 Å². The van der Waals surface area contributed by atoms with Gasteiger partial charge in [-0.2, -0.15) is 0 Å². The van der Waals surface area contributed by atoms with Crippen molar-refractivity contribution in [2.24, 2.45) is 0 Å². The lowest BCUT2D eigenvalue weighted by molar-refractivity contribution is -0.118. The van der Waals surface area contributed by atoms with Gasteiger partial charge in [0.1, 0.15) is 5.75 Å². The van der Waals surface area contributed by atoms with Crippen LogP contribution in [0.3, 0.4) is 0 Å². The third-order valence-electron chi connectivity index (χ3n) is 3.14. The zero-order valence-corrected chi connectivity index (χ0v) is 13.2. The number of nitrogens with one attached hydrogen (secondary N) is 2.